The third-order valence-corrected chi connectivity index (χ3v) is 1.77. The zero-order chi connectivity index (χ0) is 9.84. The summed E-state index contributed by atoms with van der Waals surface area (Å²) in [4.78, 5) is 0. The topological polar surface area (TPSA) is 49.4 Å². The number of hydrogen-bond donors (Lipinski definition) is 0. The molecule has 0 N–H and O–H groups in total. The summed E-state index contributed by atoms with van der Waals surface area (Å²) in [5, 5.41) is 0.204. The molecule has 0 saturated carbocycles. The Hall–Kier alpha value is -0.490. The average Bonchev–Trinajstić information content (AvgIpc) is 1.99. The van der Waals surface area contributed by atoms with Crippen LogP contribution in [0.3, 0.4) is 0 Å². The summed E-state index contributed by atoms with van der Waals surface area (Å²) in [6.45, 7) is -0.215. The van der Waals surface area contributed by atoms with E-state index in [1.165, 1.54) is 6.07 Å². The normalized spacial score (nSPS) is 12.8. The molecule has 72 valence electrons. The molecule has 1 aromatic rings. The molecule has 0 heterocycles. The van der Waals surface area contributed by atoms with E-state index in [1.807, 2.05) is 0 Å². The highest BCUT2D eigenvalue weighted by Crippen LogP contribution is 2.14. The van der Waals surface area contributed by atoms with Gasteiger partial charge in [-0.25, -0.2) is 8.60 Å². The van der Waals surface area contributed by atoms with Gasteiger partial charge in [-0.15, -0.1) is 0 Å². The van der Waals surface area contributed by atoms with Crippen LogP contribution in [0, 0.1) is 5.82 Å². The SMILES string of the molecule is O=S([O-])OCc1cc(F)cc(Cl)c1. The fourth-order valence-corrected chi connectivity index (χ4v) is 1.29. The van der Waals surface area contributed by atoms with Crippen molar-refractivity contribution < 1.29 is 17.3 Å². The van der Waals surface area contributed by atoms with Crippen molar-refractivity contribution in [2.24, 2.45) is 0 Å². The second-order valence-electron chi connectivity index (χ2n) is 2.24. The molecule has 1 aromatic carbocycles. The average molecular weight is 224 g/mol. The summed E-state index contributed by atoms with van der Waals surface area (Å²) in [5.41, 5.74) is 0.370. The van der Waals surface area contributed by atoms with Gasteiger partial charge in [0, 0.05) is 5.02 Å². The Labute approximate surface area is 82.0 Å². The fraction of sp³-hybridized carbons (Fsp3) is 0.143. The number of hydrogen-bond acceptors (Lipinski definition) is 3. The third-order valence-electron chi connectivity index (χ3n) is 1.24. The van der Waals surface area contributed by atoms with Gasteiger partial charge in [0.25, 0.3) is 0 Å². The van der Waals surface area contributed by atoms with Crippen molar-refractivity contribution in [3.8, 4) is 0 Å². The fourth-order valence-electron chi connectivity index (χ4n) is 0.810. The first-order chi connectivity index (χ1) is 6.08. The molecule has 0 fully saturated rings. The predicted octanol–water partition coefficient (Wildman–Crippen LogP) is 1.79. The third kappa shape index (κ3) is 3.82. The summed E-state index contributed by atoms with van der Waals surface area (Å²) in [5.74, 6) is -0.525. The molecule has 0 spiro atoms. The lowest BCUT2D eigenvalue weighted by Gasteiger charge is -2.05. The molecule has 0 aliphatic carbocycles. The summed E-state index contributed by atoms with van der Waals surface area (Å²) in [6.07, 6.45) is 0. The molecular weight excluding hydrogens is 219 g/mol. The maximum absolute atomic E-state index is 12.7. The highest BCUT2D eigenvalue weighted by atomic mass is 35.5. The first kappa shape index (κ1) is 10.6. The van der Waals surface area contributed by atoms with Crippen molar-refractivity contribution in [3.63, 3.8) is 0 Å². The number of halogens is 2. The number of benzene rings is 1. The van der Waals surface area contributed by atoms with Gasteiger partial charge >= 0.3 is 0 Å². The van der Waals surface area contributed by atoms with Gasteiger partial charge in [0.2, 0.25) is 0 Å². The van der Waals surface area contributed by atoms with Crippen LogP contribution in [0.4, 0.5) is 4.39 Å². The van der Waals surface area contributed by atoms with Crippen molar-refractivity contribution in [1.29, 1.82) is 0 Å². The summed E-state index contributed by atoms with van der Waals surface area (Å²) in [6, 6.07) is 3.70. The monoisotopic (exact) mass is 223 g/mol. The van der Waals surface area contributed by atoms with Crippen LogP contribution in [0.1, 0.15) is 5.56 Å². The molecule has 0 aliphatic rings. The molecule has 0 aromatic heterocycles. The van der Waals surface area contributed by atoms with Gasteiger partial charge in [0.05, 0.1) is 18.0 Å². The van der Waals surface area contributed by atoms with E-state index in [0.717, 1.165) is 12.1 Å². The summed E-state index contributed by atoms with van der Waals surface area (Å²) in [7, 11) is 0. The minimum absolute atomic E-state index is 0.204. The van der Waals surface area contributed by atoms with Gasteiger partial charge in [0.1, 0.15) is 5.82 Å². The Bertz CT molecular complexity index is 311. The van der Waals surface area contributed by atoms with Crippen LogP contribution in [-0.2, 0) is 22.2 Å². The van der Waals surface area contributed by atoms with E-state index in [4.69, 9.17) is 11.6 Å². The quantitative estimate of drug-likeness (QED) is 0.734. The summed E-state index contributed by atoms with van der Waals surface area (Å²) < 4.78 is 36.9. The molecule has 13 heavy (non-hydrogen) atoms. The standard InChI is InChI=1S/C7H6ClFO3S/c8-6-1-5(2-7(9)3-6)4-12-13(10)11/h1-3H,4H2,(H,10,11)/p-1. The lowest BCUT2D eigenvalue weighted by atomic mass is 10.2. The largest absolute Gasteiger partial charge is 0.750 e. The van der Waals surface area contributed by atoms with Gasteiger partial charge in [-0.2, -0.15) is 0 Å². The van der Waals surface area contributed by atoms with Crippen LogP contribution < -0.4 is 0 Å². The molecule has 6 heteroatoms. The van der Waals surface area contributed by atoms with E-state index in [1.54, 1.807) is 0 Å². The Balaban J connectivity index is 2.71. The maximum Gasteiger partial charge on any atom is 0.125 e. The lowest BCUT2D eigenvalue weighted by Crippen LogP contribution is -1.96. The Kier molecular flexibility index (Phi) is 3.80. The first-order valence-corrected chi connectivity index (χ1v) is 4.63. The Morgan fingerprint density at radius 1 is 1.54 bits per heavy atom. The van der Waals surface area contributed by atoms with Crippen molar-refractivity contribution in [1.82, 2.24) is 0 Å². The van der Waals surface area contributed by atoms with Crippen LogP contribution in [0.25, 0.3) is 0 Å². The molecule has 0 bridgehead atoms. The Morgan fingerprint density at radius 2 is 2.23 bits per heavy atom. The highest BCUT2D eigenvalue weighted by molar-refractivity contribution is 7.74. The molecule has 1 unspecified atom stereocenters. The van der Waals surface area contributed by atoms with E-state index < -0.39 is 17.2 Å². The molecule has 0 aliphatic heterocycles. The number of rotatable bonds is 3. The molecule has 1 rings (SSSR count). The second kappa shape index (κ2) is 4.66. The van der Waals surface area contributed by atoms with Crippen molar-refractivity contribution in [3.05, 3.63) is 34.6 Å². The van der Waals surface area contributed by atoms with E-state index in [-0.39, 0.29) is 11.6 Å². The van der Waals surface area contributed by atoms with E-state index in [2.05, 4.69) is 4.18 Å². The summed E-state index contributed by atoms with van der Waals surface area (Å²) >= 11 is 2.92. The highest BCUT2D eigenvalue weighted by Gasteiger charge is 1.99. The van der Waals surface area contributed by atoms with Gasteiger partial charge in [-0.05, 0) is 23.8 Å². The molecule has 0 radical (unpaired) electrons. The maximum atomic E-state index is 12.7. The van der Waals surface area contributed by atoms with E-state index >= 15 is 0 Å². The van der Waals surface area contributed by atoms with Gasteiger partial charge < -0.3 is 4.55 Å². The lowest BCUT2D eigenvalue weighted by molar-refractivity contribution is 0.290. The van der Waals surface area contributed by atoms with E-state index in [0.29, 0.717) is 5.56 Å². The molecule has 0 amide bonds. The van der Waals surface area contributed by atoms with Crippen molar-refractivity contribution in [2.45, 2.75) is 6.61 Å². The van der Waals surface area contributed by atoms with Crippen LogP contribution in [-0.4, -0.2) is 8.76 Å². The van der Waals surface area contributed by atoms with Gasteiger partial charge in [-0.1, -0.05) is 11.6 Å². The molecule has 0 saturated heterocycles. The zero-order valence-corrected chi connectivity index (χ0v) is 7.90. The van der Waals surface area contributed by atoms with Gasteiger partial charge in [-0.3, -0.25) is 4.18 Å². The Morgan fingerprint density at radius 3 is 2.77 bits per heavy atom. The molecule has 1 atom stereocenters. The van der Waals surface area contributed by atoms with Crippen LogP contribution in [0.5, 0.6) is 0 Å². The van der Waals surface area contributed by atoms with Gasteiger partial charge in [0.15, 0.2) is 0 Å². The second-order valence-corrected chi connectivity index (χ2v) is 3.32. The predicted molar refractivity (Wildman–Crippen MR) is 45.1 cm³/mol. The van der Waals surface area contributed by atoms with Crippen molar-refractivity contribution in [2.75, 3.05) is 0 Å². The molecule has 3 nitrogen and oxygen atoms in total. The van der Waals surface area contributed by atoms with E-state index in [9.17, 15) is 13.2 Å². The minimum atomic E-state index is -2.59. The molecular formula is C7H5ClFO3S-. The van der Waals surface area contributed by atoms with Crippen LogP contribution in [0.15, 0.2) is 18.2 Å². The first-order valence-electron chi connectivity index (χ1n) is 3.25. The van der Waals surface area contributed by atoms with Crippen LogP contribution >= 0.6 is 11.6 Å². The van der Waals surface area contributed by atoms with Crippen LogP contribution in [0.2, 0.25) is 5.02 Å². The van der Waals surface area contributed by atoms with Crippen molar-refractivity contribution >= 4 is 23.0 Å². The minimum Gasteiger partial charge on any atom is -0.750 e. The smallest absolute Gasteiger partial charge is 0.125 e. The zero-order valence-electron chi connectivity index (χ0n) is 6.33.